The molecule has 0 amide bonds. The molecule has 1 aromatic carbocycles. The molecule has 0 aliphatic carbocycles. The fourth-order valence-corrected chi connectivity index (χ4v) is 2.63. The van der Waals surface area contributed by atoms with Gasteiger partial charge in [0, 0.05) is 12.6 Å². The Morgan fingerprint density at radius 3 is 2.76 bits per heavy atom. The van der Waals surface area contributed by atoms with Crippen molar-refractivity contribution in [1.29, 1.82) is 0 Å². The van der Waals surface area contributed by atoms with Crippen LogP contribution in [0, 0.1) is 5.92 Å². The molecule has 2 rings (SSSR count). The lowest BCUT2D eigenvalue weighted by molar-refractivity contribution is 0.315. The highest BCUT2D eigenvalue weighted by Crippen LogP contribution is 2.18. The van der Waals surface area contributed by atoms with E-state index in [-0.39, 0.29) is 6.04 Å². The maximum Gasteiger partial charge on any atom is 0.0295 e. The molecular weight excluding hydrogens is 208 g/mol. The number of hydrogen-bond acceptors (Lipinski definition) is 2. The second-order valence-corrected chi connectivity index (χ2v) is 5.35. The van der Waals surface area contributed by atoms with Crippen LogP contribution in [-0.4, -0.2) is 24.5 Å². The first kappa shape index (κ1) is 12.6. The van der Waals surface area contributed by atoms with E-state index >= 15 is 0 Å². The molecular formula is C15H24N2. The quantitative estimate of drug-likeness (QED) is 0.846. The van der Waals surface area contributed by atoms with Crippen LogP contribution in [-0.2, 0) is 0 Å². The molecule has 2 nitrogen and oxygen atoms in total. The molecule has 2 N–H and O–H groups in total. The van der Waals surface area contributed by atoms with E-state index in [1.54, 1.807) is 0 Å². The summed E-state index contributed by atoms with van der Waals surface area (Å²) in [6.45, 7) is 6.11. The van der Waals surface area contributed by atoms with Crippen LogP contribution in [0.2, 0.25) is 0 Å². The summed E-state index contributed by atoms with van der Waals surface area (Å²) in [5.41, 5.74) is 7.45. The first-order valence-corrected chi connectivity index (χ1v) is 6.78. The Hall–Kier alpha value is -0.860. The van der Waals surface area contributed by atoms with Gasteiger partial charge in [-0.05, 0) is 43.8 Å². The minimum absolute atomic E-state index is 0.205. The largest absolute Gasteiger partial charge is 0.324 e. The van der Waals surface area contributed by atoms with E-state index in [1.165, 1.54) is 38.0 Å². The van der Waals surface area contributed by atoms with Crippen LogP contribution in [0.4, 0.5) is 0 Å². The maximum absolute atomic E-state index is 6.19. The lowest BCUT2D eigenvalue weighted by Gasteiger charge is -2.17. The normalized spacial score (nSPS) is 22.8. The Balaban J connectivity index is 1.68. The summed E-state index contributed by atoms with van der Waals surface area (Å²) in [5, 5.41) is 0. The van der Waals surface area contributed by atoms with Gasteiger partial charge in [0.15, 0.2) is 0 Å². The SMILES string of the molecule is CC1CCN(CCCC(N)c2ccccc2)C1. The molecule has 0 radical (unpaired) electrons. The zero-order chi connectivity index (χ0) is 12.1. The standard InChI is InChI=1S/C15H24N2/c1-13-9-11-17(12-13)10-5-8-15(16)14-6-3-2-4-7-14/h2-4,6-7,13,15H,5,8-12,16H2,1H3. The Labute approximate surface area is 105 Å². The summed E-state index contributed by atoms with van der Waals surface area (Å²) >= 11 is 0. The van der Waals surface area contributed by atoms with Crippen LogP contribution in [0.15, 0.2) is 30.3 Å². The topological polar surface area (TPSA) is 29.3 Å². The molecule has 94 valence electrons. The predicted octanol–water partition coefficient (Wildman–Crippen LogP) is 2.81. The Morgan fingerprint density at radius 1 is 1.35 bits per heavy atom. The third-order valence-electron chi connectivity index (χ3n) is 3.73. The minimum atomic E-state index is 0.205. The average Bonchev–Trinajstić information content (AvgIpc) is 2.76. The van der Waals surface area contributed by atoms with Crippen molar-refractivity contribution in [3.8, 4) is 0 Å². The van der Waals surface area contributed by atoms with Crippen LogP contribution in [0.1, 0.15) is 37.8 Å². The molecule has 1 fully saturated rings. The van der Waals surface area contributed by atoms with Crippen molar-refractivity contribution in [1.82, 2.24) is 4.90 Å². The van der Waals surface area contributed by atoms with Crippen LogP contribution < -0.4 is 5.73 Å². The lowest BCUT2D eigenvalue weighted by Crippen LogP contribution is -2.22. The molecule has 1 aromatic rings. The van der Waals surface area contributed by atoms with Gasteiger partial charge in [-0.25, -0.2) is 0 Å². The monoisotopic (exact) mass is 232 g/mol. The zero-order valence-electron chi connectivity index (χ0n) is 10.8. The summed E-state index contributed by atoms with van der Waals surface area (Å²) in [5.74, 6) is 0.887. The van der Waals surface area contributed by atoms with Crippen molar-refractivity contribution >= 4 is 0 Å². The van der Waals surface area contributed by atoms with E-state index in [1.807, 2.05) is 6.07 Å². The molecule has 0 spiro atoms. The predicted molar refractivity (Wildman–Crippen MR) is 72.8 cm³/mol. The number of benzene rings is 1. The molecule has 1 saturated heterocycles. The molecule has 2 atom stereocenters. The second-order valence-electron chi connectivity index (χ2n) is 5.35. The van der Waals surface area contributed by atoms with Crippen molar-refractivity contribution in [2.24, 2.45) is 11.7 Å². The van der Waals surface area contributed by atoms with Gasteiger partial charge in [0.05, 0.1) is 0 Å². The van der Waals surface area contributed by atoms with Gasteiger partial charge in [-0.3, -0.25) is 0 Å². The first-order valence-electron chi connectivity index (χ1n) is 6.78. The highest BCUT2D eigenvalue weighted by atomic mass is 15.1. The van der Waals surface area contributed by atoms with Crippen molar-refractivity contribution < 1.29 is 0 Å². The third kappa shape index (κ3) is 3.83. The summed E-state index contributed by atoms with van der Waals surface area (Å²) in [6, 6.07) is 10.6. The van der Waals surface area contributed by atoms with Gasteiger partial charge in [0.2, 0.25) is 0 Å². The Kier molecular flexibility index (Phi) is 4.57. The second kappa shape index (κ2) is 6.18. The third-order valence-corrected chi connectivity index (χ3v) is 3.73. The molecule has 2 unspecified atom stereocenters. The fraction of sp³-hybridized carbons (Fsp3) is 0.600. The summed E-state index contributed by atoms with van der Waals surface area (Å²) in [4.78, 5) is 2.57. The van der Waals surface area contributed by atoms with E-state index in [9.17, 15) is 0 Å². The number of nitrogens with two attached hydrogens (primary N) is 1. The van der Waals surface area contributed by atoms with Gasteiger partial charge in [-0.1, -0.05) is 37.3 Å². The van der Waals surface area contributed by atoms with E-state index in [4.69, 9.17) is 5.73 Å². The average molecular weight is 232 g/mol. The Morgan fingerprint density at radius 2 is 2.12 bits per heavy atom. The molecule has 2 heteroatoms. The molecule has 0 aromatic heterocycles. The van der Waals surface area contributed by atoms with Crippen molar-refractivity contribution in [2.75, 3.05) is 19.6 Å². The first-order chi connectivity index (χ1) is 8.25. The fourth-order valence-electron chi connectivity index (χ4n) is 2.63. The van der Waals surface area contributed by atoms with Crippen LogP contribution >= 0.6 is 0 Å². The van der Waals surface area contributed by atoms with Crippen molar-refractivity contribution in [2.45, 2.75) is 32.2 Å². The number of nitrogens with zero attached hydrogens (tertiary/aromatic N) is 1. The van der Waals surface area contributed by atoms with E-state index in [0.29, 0.717) is 0 Å². The number of hydrogen-bond donors (Lipinski definition) is 1. The van der Waals surface area contributed by atoms with Gasteiger partial charge in [-0.15, -0.1) is 0 Å². The van der Waals surface area contributed by atoms with Crippen molar-refractivity contribution in [3.05, 3.63) is 35.9 Å². The highest BCUT2D eigenvalue weighted by molar-refractivity contribution is 5.18. The van der Waals surface area contributed by atoms with Crippen LogP contribution in [0.25, 0.3) is 0 Å². The molecule has 1 heterocycles. The zero-order valence-corrected chi connectivity index (χ0v) is 10.8. The molecule has 0 bridgehead atoms. The number of rotatable bonds is 5. The van der Waals surface area contributed by atoms with Crippen molar-refractivity contribution in [3.63, 3.8) is 0 Å². The van der Waals surface area contributed by atoms with Gasteiger partial charge >= 0.3 is 0 Å². The van der Waals surface area contributed by atoms with Crippen LogP contribution in [0.5, 0.6) is 0 Å². The van der Waals surface area contributed by atoms with E-state index < -0.39 is 0 Å². The Bertz CT molecular complexity index is 323. The maximum atomic E-state index is 6.19. The molecule has 17 heavy (non-hydrogen) atoms. The number of likely N-dealkylation sites (tertiary alicyclic amines) is 1. The smallest absolute Gasteiger partial charge is 0.0295 e. The van der Waals surface area contributed by atoms with Gasteiger partial charge in [0.25, 0.3) is 0 Å². The lowest BCUT2D eigenvalue weighted by atomic mass is 10.0. The van der Waals surface area contributed by atoms with Gasteiger partial charge in [-0.2, -0.15) is 0 Å². The molecule has 0 saturated carbocycles. The van der Waals surface area contributed by atoms with E-state index in [0.717, 1.165) is 12.3 Å². The summed E-state index contributed by atoms with van der Waals surface area (Å²) in [6.07, 6.45) is 3.67. The van der Waals surface area contributed by atoms with Gasteiger partial charge < -0.3 is 10.6 Å². The van der Waals surface area contributed by atoms with Gasteiger partial charge in [0.1, 0.15) is 0 Å². The molecule has 1 aliphatic rings. The van der Waals surface area contributed by atoms with E-state index in [2.05, 4.69) is 36.1 Å². The highest BCUT2D eigenvalue weighted by Gasteiger charge is 2.17. The summed E-state index contributed by atoms with van der Waals surface area (Å²) < 4.78 is 0. The summed E-state index contributed by atoms with van der Waals surface area (Å²) in [7, 11) is 0. The van der Waals surface area contributed by atoms with Crippen LogP contribution in [0.3, 0.4) is 0 Å². The minimum Gasteiger partial charge on any atom is -0.324 e. The molecule has 1 aliphatic heterocycles.